The van der Waals surface area contributed by atoms with E-state index in [4.69, 9.17) is 4.98 Å². The molecule has 2 aromatic rings. The number of nitrogens with zero attached hydrogens (tertiary/aromatic N) is 3. The Labute approximate surface area is 185 Å². The molecule has 0 saturated heterocycles. The van der Waals surface area contributed by atoms with Gasteiger partial charge < -0.3 is 14.8 Å². The zero-order valence-corrected chi connectivity index (χ0v) is 19.1. The molecule has 1 saturated carbocycles. The fourth-order valence-corrected chi connectivity index (χ4v) is 4.36. The topological polar surface area (TPSA) is 67.2 Å². The lowest BCUT2D eigenvalue weighted by Crippen LogP contribution is -2.40. The molecule has 0 unspecified atom stereocenters. The van der Waals surface area contributed by atoms with Crippen molar-refractivity contribution in [1.82, 2.24) is 19.8 Å². The molecule has 2 heterocycles. The van der Waals surface area contributed by atoms with Crippen molar-refractivity contribution in [3.05, 3.63) is 41.7 Å². The highest BCUT2D eigenvalue weighted by molar-refractivity contribution is 5.99. The smallest absolute Gasteiger partial charge is 0.224 e. The zero-order chi connectivity index (χ0) is 22.2. The monoisotopic (exact) mass is 422 g/mol. The minimum absolute atomic E-state index is 0.00551. The summed E-state index contributed by atoms with van der Waals surface area (Å²) in [4.78, 5) is 33.6. The molecule has 6 nitrogen and oxygen atoms in total. The number of benzene rings is 1. The Balaban J connectivity index is 1.68. The Morgan fingerprint density at radius 1 is 1.16 bits per heavy atom. The molecule has 1 amide bonds. The van der Waals surface area contributed by atoms with Crippen LogP contribution < -0.4 is 5.32 Å². The van der Waals surface area contributed by atoms with E-state index in [9.17, 15) is 9.59 Å². The van der Waals surface area contributed by atoms with Gasteiger partial charge in [-0.3, -0.25) is 9.59 Å². The van der Waals surface area contributed by atoms with Gasteiger partial charge in [-0.2, -0.15) is 0 Å². The quantitative estimate of drug-likeness (QED) is 0.717. The van der Waals surface area contributed by atoms with Crippen molar-refractivity contribution in [2.45, 2.75) is 65.6 Å². The summed E-state index contributed by atoms with van der Waals surface area (Å²) in [5.74, 6) is 0.437. The van der Waals surface area contributed by atoms with Crippen molar-refractivity contribution in [3.63, 3.8) is 0 Å². The highest BCUT2D eigenvalue weighted by Gasteiger charge is 2.37. The first-order valence-electron chi connectivity index (χ1n) is 11.4. The third-order valence-corrected chi connectivity index (χ3v) is 6.39. The van der Waals surface area contributed by atoms with Gasteiger partial charge in [0.15, 0.2) is 5.78 Å². The molecule has 0 radical (unpaired) electrons. The van der Waals surface area contributed by atoms with Gasteiger partial charge in [0.25, 0.3) is 0 Å². The summed E-state index contributed by atoms with van der Waals surface area (Å²) in [6, 6.07) is 10.4. The van der Waals surface area contributed by atoms with Crippen molar-refractivity contribution in [2.24, 2.45) is 11.3 Å². The van der Waals surface area contributed by atoms with Gasteiger partial charge in [-0.15, -0.1) is 0 Å². The first-order chi connectivity index (χ1) is 14.7. The summed E-state index contributed by atoms with van der Waals surface area (Å²) in [6.07, 6.45) is 3.28. The van der Waals surface area contributed by atoms with Gasteiger partial charge in [0, 0.05) is 31.1 Å². The van der Waals surface area contributed by atoms with E-state index in [2.05, 4.69) is 21.8 Å². The molecule has 1 aromatic carbocycles. The lowest BCUT2D eigenvalue weighted by molar-refractivity contribution is -0.128. The number of fused-ring (bicyclic) bond motifs is 1. The van der Waals surface area contributed by atoms with Crippen LogP contribution in [0, 0.1) is 11.3 Å². The van der Waals surface area contributed by atoms with Crippen LogP contribution >= 0.6 is 0 Å². The fourth-order valence-electron chi connectivity index (χ4n) is 4.36. The van der Waals surface area contributed by atoms with E-state index >= 15 is 0 Å². The second-order valence-corrected chi connectivity index (χ2v) is 10.2. The molecular weight excluding hydrogens is 388 g/mol. The molecule has 1 N–H and O–H groups in total. The molecule has 1 aliphatic carbocycles. The zero-order valence-electron chi connectivity index (χ0n) is 19.1. The predicted molar refractivity (Wildman–Crippen MR) is 122 cm³/mol. The van der Waals surface area contributed by atoms with E-state index in [0.29, 0.717) is 12.2 Å². The molecule has 0 spiro atoms. The van der Waals surface area contributed by atoms with E-state index in [1.54, 1.807) is 0 Å². The molecule has 166 valence electrons. The van der Waals surface area contributed by atoms with Crippen LogP contribution in [-0.4, -0.2) is 45.8 Å². The number of ketones is 1. The molecule has 1 atom stereocenters. The second kappa shape index (κ2) is 8.58. The third-order valence-electron chi connectivity index (χ3n) is 6.39. The second-order valence-electron chi connectivity index (χ2n) is 10.2. The Kier molecular flexibility index (Phi) is 6.02. The van der Waals surface area contributed by atoms with Crippen molar-refractivity contribution in [2.75, 3.05) is 13.6 Å². The number of Topliss-reactive ketones (excluding diaryl/α,β-unsaturated/α-hetero) is 1. The van der Waals surface area contributed by atoms with E-state index < -0.39 is 0 Å². The summed E-state index contributed by atoms with van der Waals surface area (Å²) in [5.41, 5.74) is 2.22. The number of aromatic nitrogens is 2. The summed E-state index contributed by atoms with van der Waals surface area (Å²) in [5, 5.41) is 3.10. The predicted octanol–water partition coefficient (Wildman–Crippen LogP) is 3.90. The van der Waals surface area contributed by atoms with Crippen molar-refractivity contribution < 1.29 is 9.59 Å². The Hall–Kier alpha value is -2.47. The molecule has 6 heteroatoms. The molecule has 0 bridgehead atoms. The normalized spacial score (nSPS) is 18.2. The molecule has 1 aliphatic heterocycles. The standard InChI is InChI=1S/C25H34N4O2/c1-25(2,3)19(24(31)26-18-11-12-18)15-21(30)22-20-16-28(4)13-8-14-29(20)23(27-22)17-9-6-5-7-10-17/h5-7,9-10,18-19H,8,11-16H2,1-4H3,(H,26,31)/t19-/m1/s1. The lowest BCUT2D eigenvalue weighted by atomic mass is 9.77. The van der Waals surface area contributed by atoms with Gasteiger partial charge in [-0.25, -0.2) is 4.98 Å². The van der Waals surface area contributed by atoms with Crippen LogP contribution in [0.5, 0.6) is 0 Å². The number of imidazole rings is 1. The maximum atomic E-state index is 13.6. The lowest BCUT2D eigenvalue weighted by Gasteiger charge is -2.29. The van der Waals surface area contributed by atoms with Gasteiger partial charge in [0.05, 0.1) is 11.6 Å². The number of carbonyl (C=O) groups is 2. The Morgan fingerprint density at radius 3 is 2.52 bits per heavy atom. The van der Waals surface area contributed by atoms with Crippen LogP contribution in [0.4, 0.5) is 0 Å². The fraction of sp³-hybridized carbons (Fsp3) is 0.560. The highest BCUT2D eigenvalue weighted by Crippen LogP contribution is 2.33. The van der Waals surface area contributed by atoms with E-state index in [0.717, 1.165) is 49.4 Å². The van der Waals surface area contributed by atoms with Crippen LogP contribution in [0.3, 0.4) is 0 Å². The maximum Gasteiger partial charge on any atom is 0.224 e. The first-order valence-corrected chi connectivity index (χ1v) is 11.4. The van der Waals surface area contributed by atoms with Gasteiger partial charge >= 0.3 is 0 Å². The van der Waals surface area contributed by atoms with Crippen LogP contribution in [-0.2, 0) is 17.9 Å². The maximum absolute atomic E-state index is 13.6. The Morgan fingerprint density at radius 2 is 1.87 bits per heavy atom. The van der Waals surface area contributed by atoms with Crippen LogP contribution in [0.15, 0.2) is 30.3 Å². The highest BCUT2D eigenvalue weighted by atomic mass is 16.2. The minimum Gasteiger partial charge on any atom is -0.353 e. The van der Waals surface area contributed by atoms with Gasteiger partial charge in [0.2, 0.25) is 5.91 Å². The molecule has 2 aliphatic rings. The summed E-state index contributed by atoms with van der Waals surface area (Å²) >= 11 is 0. The van der Waals surface area contributed by atoms with Crippen molar-refractivity contribution in [1.29, 1.82) is 0 Å². The third kappa shape index (κ3) is 4.90. The largest absolute Gasteiger partial charge is 0.353 e. The molecule has 1 fully saturated rings. The van der Waals surface area contributed by atoms with E-state index in [-0.39, 0.29) is 35.5 Å². The number of rotatable bonds is 6. The van der Waals surface area contributed by atoms with Gasteiger partial charge in [-0.05, 0) is 38.3 Å². The van der Waals surface area contributed by atoms with Crippen LogP contribution in [0.1, 0.15) is 62.6 Å². The molecule has 1 aromatic heterocycles. The average molecular weight is 423 g/mol. The average Bonchev–Trinajstić information content (AvgIpc) is 3.49. The van der Waals surface area contributed by atoms with Gasteiger partial charge in [0.1, 0.15) is 11.5 Å². The van der Waals surface area contributed by atoms with Crippen LogP contribution in [0.2, 0.25) is 0 Å². The molecule has 31 heavy (non-hydrogen) atoms. The Bertz CT molecular complexity index is 954. The SMILES string of the molecule is CN1CCCn2c(-c3ccccc3)nc(C(=O)C[C@H](C(=O)NC3CC3)C(C)(C)C)c2C1. The van der Waals surface area contributed by atoms with Crippen molar-refractivity contribution in [3.8, 4) is 11.4 Å². The number of hydrogen-bond acceptors (Lipinski definition) is 4. The van der Waals surface area contributed by atoms with Crippen molar-refractivity contribution >= 4 is 11.7 Å². The molecular formula is C25H34N4O2. The number of amides is 1. The number of hydrogen-bond donors (Lipinski definition) is 1. The summed E-state index contributed by atoms with van der Waals surface area (Å²) < 4.78 is 2.21. The van der Waals surface area contributed by atoms with E-state index in [1.165, 1.54) is 0 Å². The number of carbonyl (C=O) groups excluding carboxylic acids is 2. The van der Waals surface area contributed by atoms with E-state index in [1.807, 2.05) is 51.1 Å². The minimum atomic E-state index is -0.373. The summed E-state index contributed by atoms with van der Waals surface area (Å²) in [7, 11) is 2.08. The summed E-state index contributed by atoms with van der Waals surface area (Å²) in [6.45, 7) is 8.62. The first kappa shape index (κ1) is 21.8. The number of nitrogens with one attached hydrogen (secondary N) is 1. The molecule has 4 rings (SSSR count). The van der Waals surface area contributed by atoms with Crippen LogP contribution in [0.25, 0.3) is 11.4 Å². The van der Waals surface area contributed by atoms with Gasteiger partial charge in [-0.1, -0.05) is 51.1 Å².